The molecule has 0 saturated heterocycles. The van der Waals surface area contributed by atoms with Gasteiger partial charge in [-0.05, 0) is 18.7 Å². The first-order chi connectivity index (χ1) is 6.24. The van der Waals surface area contributed by atoms with Crippen molar-refractivity contribution in [3.05, 3.63) is 35.9 Å². The second-order valence-electron chi connectivity index (χ2n) is 2.62. The van der Waals surface area contributed by atoms with Crippen LogP contribution in [0.2, 0.25) is 0 Å². The molecule has 1 unspecified atom stereocenters. The lowest BCUT2D eigenvalue weighted by Gasteiger charge is -2.10. The molecule has 0 amide bonds. The van der Waals surface area contributed by atoms with Gasteiger partial charge in [0.1, 0.15) is 3.53 Å². The summed E-state index contributed by atoms with van der Waals surface area (Å²) in [6.45, 7) is 2.18. The van der Waals surface area contributed by atoms with Crippen LogP contribution in [0.1, 0.15) is 17.7 Å². The van der Waals surface area contributed by atoms with Crippen molar-refractivity contribution in [3.63, 3.8) is 0 Å². The fourth-order valence-corrected chi connectivity index (χ4v) is 2.82. The van der Waals surface area contributed by atoms with Gasteiger partial charge >= 0.3 is 0 Å². The molecule has 0 aromatic heterocycles. The number of hydrogen-bond donors (Lipinski definition) is 0. The molecule has 0 radical (unpaired) electrons. The van der Waals surface area contributed by atoms with Gasteiger partial charge < -0.3 is 0 Å². The highest BCUT2D eigenvalue weighted by Gasteiger charge is 2.07. The maximum atomic E-state index is 5.16. The van der Waals surface area contributed by atoms with E-state index in [1.54, 1.807) is 23.5 Å². The number of benzene rings is 1. The van der Waals surface area contributed by atoms with Crippen molar-refractivity contribution in [1.82, 2.24) is 0 Å². The molecule has 0 aliphatic rings. The molecule has 0 fully saturated rings. The third-order valence-corrected chi connectivity index (χ3v) is 4.44. The Morgan fingerprint density at radius 2 is 1.92 bits per heavy atom. The van der Waals surface area contributed by atoms with Crippen LogP contribution < -0.4 is 0 Å². The number of thioether (sulfide) groups is 2. The predicted molar refractivity (Wildman–Crippen MR) is 68.6 cm³/mol. The van der Waals surface area contributed by atoms with Gasteiger partial charge in [0.15, 0.2) is 0 Å². The SMILES string of the molecule is CSC(=S)SC(C)c1ccccc1. The summed E-state index contributed by atoms with van der Waals surface area (Å²) >= 11 is 8.55. The monoisotopic (exact) mass is 228 g/mol. The molecular formula is C10H12S3. The normalized spacial score (nSPS) is 12.5. The minimum atomic E-state index is 0.459. The van der Waals surface area contributed by atoms with Crippen LogP contribution in [0.25, 0.3) is 0 Å². The van der Waals surface area contributed by atoms with Crippen molar-refractivity contribution in [2.45, 2.75) is 12.2 Å². The summed E-state index contributed by atoms with van der Waals surface area (Å²) in [7, 11) is 0. The lowest BCUT2D eigenvalue weighted by molar-refractivity contribution is 1.11. The molecular weight excluding hydrogens is 216 g/mol. The minimum absolute atomic E-state index is 0.459. The third kappa shape index (κ3) is 3.71. The first-order valence-electron chi connectivity index (χ1n) is 4.03. The van der Waals surface area contributed by atoms with E-state index in [1.807, 2.05) is 12.3 Å². The summed E-state index contributed by atoms with van der Waals surface area (Å²) in [4.78, 5) is 0. The third-order valence-electron chi connectivity index (χ3n) is 1.71. The number of hydrogen-bond acceptors (Lipinski definition) is 3. The molecule has 0 bridgehead atoms. The Hall–Kier alpha value is 0.01000. The zero-order chi connectivity index (χ0) is 9.68. The Labute approximate surface area is 93.5 Å². The van der Waals surface area contributed by atoms with Gasteiger partial charge in [-0.2, -0.15) is 0 Å². The van der Waals surface area contributed by atoms with Gasteiger partial charge in [0.25, 0.3) is 0 Å². The van der Waals surface area contributed by atoms with E-state index in [0.717, 1.165) is 3.53 Å². The summed E-state index contributed by atoms with van der Waals surface area (Å²) in [5, 5.41) is 0.459. The standard InChI is InChI=1S/C10H12S3/c1-8(13-10(11)12-2)9-6-4-3-5-7-9/h3-8H,1-2H3. The Morgan fingerprint density at radius 3 is 2.46 bits per heavy atom. The van der Waals surface area contributed by atoms with E-state index in [0.29, 0.717) is 5.25 Å². The van der Waals surface area contributed by atoms with E-state index in [-0.39, 0.29) is 0 Å². The molecule has 3 heteroatoms. The largest absolute Gasteiger partial charge is 0.111 e. The molecule has 0 spiro atoms. The van der Waals surface area contributed by atoms with Crippen molar-refractivity contribution >= 4 is 39.3 Å². The molecule has 0 saturated carbocycles. The van der Waals surface area contributed by atoms with E-state index < -0.39 is 0 Å². The molecule has 0 aliphatic heterocycles. The molecule has 1 atom stereocenters. The van der Waals surface area contributed by atoms with Crippen LogP contribution in [-0.4, -0.2) is 9.78 Å². The van der Waals surface area contributed by atoms with Crippen LogP contribution >= 0.6 is 35.7 Å². The average molecular weight is 228 g/mol. The Bertz CT molecular complexity index is 269. The van der Waals surface area contributed by atoms with Gasteiger partial charge in [0.2, 0.25) is 0 Å². The van der Waals surface area contributed by atoms with Gasteiger partial charge in [-0.15, -0.1) is 11.8 Å². The topological polar surface area (TPSA) is 0 Å². The van der Waals surface area contributed by atoms with Gasteiger partial charge in [0.05, 0.1) is 0 Å². The van der Waals surface area contributed by atoms with E-state index in [9.17, 15) is 0 Å². The van der Waals surface area contributed by atoms with Crippen LogP contribution in [0.5, 0.6) is 0 Å². The summed E-state index contributed by atoms with van der Waals surface area (Å²) < 4.78 is 1.01. The molecule has 0 N–H and O–H groups in total. The minimum Gasteiger partial charge on any atom is -0.111 e. The average Bonchev–Trinajstić information content (AvgIpc) is 2.19. The first kappa shape index (κ1) is 11.1. The van der Waals surface area contributed by atoms with Crippen molar-refractivity contribution < 1.29 is 0 Å². The quantitative estimate of drug-likeness (QED) is 0.699. The van der Waals surface area contributed by atoms with E-state index in [2.05, 4.69) is 31.2 Å². The molecule has 1 rings (SSSR count). The van der Waals surface area contributed by atoms with Crippen molar-refractivity contribution in [1.29, 1.82) is 0 Å². The van der Waals surface area contributed by atoms with E-state index in [4.69, 9.17) is 12.2 Å². The Kier molecular flexibility index (Phi) is 4.84. The highest BCUT2D eigenvalue weighted by Crippen LogP contribution is 2.31. The lowest BCUT2D eigenvalue weighted by Crippen LogP contribution is -1.90. The Morgan fingerprint density at radius 1 is 1.31 bits per heavy atom. The molecule has 0 heterocycles. The summed E-state index contributed by atoms with van der Waals surface area (Å²) in [6.07, 6.45) is 2.02. The zero-order valence-corrected chi connectivity index (χ0v) is 10.1. The molecule has 70 valence electrons. The van der Waals surface area contributed by atoms with Gasteiger partial charge in [-0.1, -0.05) is 54.3 Å². The van der Waals surface area contributed by atoms with Crippen molar-refractivity contribution in [3.8, 4) is 0 Å². The molecule has 1 aromatic carbocycles. The Balaban J connectivity index is 2.59. The van der Waals surface area contributed by atoms with Gasteiger partial charge in [-0.3, -0.25) is 0 Å². The van der Waals surface area contributed by atoms with Crippen LogP contribution in [0.3, 0.4) is 0 Å². The van der Waals surface area contributed by atoms with Crippen LogP contribution in [-0.2, 0) is 0 Å². The zero-order valence-electron chi connectivity index (χ0n) is 7.69. The maximum absolute atomic E-state index is 5.16. The lowest BCUT2D eigenvalue weighted by atomic mass is 10.2. The van der Waals surface area contributed by atoms with Crippen molar-refractivity contribution in [2.24, 2.45) is 0 Å². The van der Waals surface area contributed by atoms with E-state index >= 15 is 0 Å². The summed E-state index contributed by atoms with van der Waals surface area (Å²) in [5.41, 5.74) is 1.34. The maximum Gasteiger partial charge on any atom is 0.104 e. The summed E-state index contributed by atoms with van der Waals surface area (Å²) in [6, 6.07) is 10.4. The molecule has 13 heavy (non-hydrogen) atoms. The molecule has 0 aliphatic carbocycles. The van der Waals surface area contributed by atoms with Gasteiger partial charge in [-0.25, -0.2) is 0 Å². The van der Waals surface area contributed by atoms with Gasteiger partial charge in [0, 0.05) is 5.25 Å². The van der Waals surface area contributed by atoms with Crippen molar-refractivity contribution in [2.75, 3.05) is 6.26 Å². The second-order valence-corrected chi connectivity index (χ2v) is 5.98. The van der Waals surface area contributed by atoms with Crippen LogP contribution in [0.4, 0.5) is 0 Å². The summed E-state index contributed by atoms with van der Waals surface area (Å²) in [5.74, 6) is 0. The highest BCUT2D eigenvalue weighted by atomic mass is 32.2. The highest BCUT2D eigenvalue weighted by molar-refractivity contribution is 8.47. The molecule has 1 aromatic rings. The fraction of sp³-hybridized carbons (Fsp3) is 0.300. The predicted octanol–water partition coefficient (Wildman–Crippen LogP) is 4.13. The number of thiocarbonyl (C=S) groups is 1. The second kappa shape index (κ2) is 5.68. The smallest absolute Gasteiger partial charge is 0.104 e. The number of rotatable bonds is 2. The van der Waals surface area contributed by atoms with Crippen LogP contribution in [0.15, 0.2) is 30.3 Å². The fourth-order valence-electron chi connectivity index (χ4n) is 0.985. The molecule has 0 nitrogen and oxygen atoms in total. The van der Waals surface area contributed by atoms with E-state index in [1.165, 1.54) is 5.56 Å². The first-order valence-corrected chi connectivity index (χ1v) is 6.55. The van der Waals surface area contributed by atoms with Crippen LogP contribution in [0, 0.1) is 0 Å².